The van der Waals surface area contributed by atoms with Crippen molar-refractivity contribution < 1.29 is 9.90 Å². The Balaban J connectivity index is 1.77. The van der Waals surface area contributed by atoms with Gasteiger partial charge in [0.15, 0.2) is 5.69 Å². The third kappa shape index (κ3) is 3.50. The number of aromatic nitrogens is 2. The summed E-state index contributed by atoms with van der Waals surface area (Å²) in [5.74, 6) is -0.597. The van der Waals surface area contributed by atoms with Gasteiger partial charge in [0.1, 0.15) is 0 Å². The van der Waals surface area contributed by atoms with E-state index in [1.54, 1.807) is 28.8 Å². The number of amides is 1. The van der Waals surface area contributed by atoms with Crippen LogP contribution in [0, 0.1) is 0 Å². The molecule has 0 atom stereocenters. The summed E-state index contributed by atoms with van der Waals surface area (Å²) in [6.07, 6.45) is 3.01. The second-order valence-electron chi connectivity index (χ2n) is 6.15. The number of rotatable bonds is 4. The number of benzene rings is 2. The van der Waals surface area contributed by atoms with E-state index < -0.39 is 5.91 Å². The second-order valence-corrected chi connectivity index (χ2v) is 6.58. The quantitative estimate of drug-likeness (QED) is 0.476. The van der Waals surface area contributed by atoms with Crippen LogP contribution in [-0.2, 0) is 6.54 Å². The van der Waals surface area contributed by atoms with E-state index in [0.29, 0.717) is 22.5 Å². The highest BCUT2D eigenvalue weighted by Crippen LogP contribution is 2.40. The lowest BCUT2D eigenvalue weighted by Crippen LogP contribution is -1.98. The second kappa shape index (κ2) is 7.62. The molecule has 4 rings (SSSR count). The van der Waals surface area contributed by atoms with Crippen molar-refractivity contribution >= 4 is 34.1 Å². The minimum atomic E-state index is -0.521. The minimum Gasteiger partial charge on any atom is -0.493 e. The van der Waals surface area contributed by atoms with Crippen molar-refractivity contribution in [1.82, 2.24) is 9.55 Å². The van der Waals surface area contributed by atoms with Crippen LogP contribution in [0.5, 0.6) is 5.88 Å². The van der Waals surface area contributed by atoms with Gasteiger partial charge in [-0.25, -0.2) is 0 Å². The van der Waals surface area contributed by atoms with Gasteiger partial charge < -0.3 is 9.67 Å². The van der Waals surface area contributed by atoms with E-state index in [-0.39, 0.29) is 11.6 Å². The van der Waals surface area contributed by atoms with Crippen molar-refractivity contribution in [2.24, 2.45) is 10.2 Å². The molecule has 1 amide bonds. The van der Waals surface area contributed by atoms with E-state index >= 15 is 0 Å². The molecule has 2 heterocycles. The Bertz CT molecular complexity index is 1170. The average Bonchev–Trinajstić information content (AvgIpc) is 2.98. The highest BCUT2D eigenvalue weighted by Gasteiger charge is 2.18. The van der Waals surface area contributed by atoms with Crippen molar-refractivity contribution in [2.75, 3.05) is 0 Å². The first-order valence-corrected chi connectivity index (χ1v) is 8.92. The van der Waals surface area contributed by atoms with Crippen LogP contribution in [0.1, 0.15) is 15.9 Å². The Morgan fingerprint density at radius 3 is 2.57 bits per heavy atom. The highest BCUT2D eigenvalue weighted by atomic mass is 35.5. The molecule has 2 aromatic heterocycles. The van der Waals surface area contributed by atoms with Gasteiger partial charge in [-0.05, 0) is 35.9 Å². The van der Waals surface area contributed by atoms with Crippen LogP contribution in [0.25, 0.3) is 10.9 Å². The first-order chi connectivity index (χ1) is 13.6. The summed E-state index contributed by atoms with van der Waals surface area (Å²) in [5, 5.41) is 19.7. The first kappa shape index (κ1) is 17.9. The van der Waals surface area contributed by atoms with E-state index in [0.717, 1.165) is 11.1 Å². The van der Waals surface area contributed by atoms with Gasteiger partial charge in [-0.1, -0.05) is 41.9 Å². The predicted octanol–water partition coefficient (Wildman–Crippen LogP) is 5.37. The monoisotopic (exact) mass is 390 g/mol. The molecule has 0 unspecified atom stereocenters. The van der Waals surface area contributed by atoms with Gasteiger partial charge in [0.05, 0.1) is 12.1 Å². The first-order valence-electron chi connectivity index (χ1n) is 8.54. The van der Waals surface area contributed by atoms with Crippen molar-refractivity contribution in [2.45, 2.75) is 6.54 Å². The molecular weight excluding hydrogens is 376 g/mol. The Morgan fingerprint density at radius 2 is 1.82 bits per heavy atom. The molecule has 0 aliphatic rings. The van der Waals surface area contributed by atoms with Gasteiger partial charge in [0.25, 0.3) is 5.91 Å². The summed E-state index contributed by atoms with van der Waals surface area (Å²) in [5.41, 5.74) is 2.33. The van der Waals surface area contributed by atoms with E-state index in [1.165, 1.54) is 12.4 Å². The van der Waals surface area contributed by atoms with Crippen LogP contribution in [0.3, 0.4) is 0 Å². The lowest BCUT2D eigenvalue weighted by atomic mass is 10.2. The third-order valence-electron chi connectivity index (χ3n) is 4.32. The number of fused-ring (bicyclic) bond motifs is 1. The maximum atomic E-state index is 12.2. The van der Waals surface area contributed by atoms with E-state index in [2.05, 4.69) is 15.2 Å². The van der Waals surface area contributed by atoms with Crippen LogP contribution in [-0.4, -0.2) is 20.6 Å². The molecule has 0 bridgehead atoms. The number of hydrogen-bond acceptors (Lipinski definition) is 4. The zero-order chi connectivity index (χ0) is 19.5. The molecule has 0 aliphatic carbocycles. The summed E-state index contributed by atoms with van der Waals surface area (Å²) in [6, 6.07) is 18.1. The maximum absolute atomic E-state index is 12.2. The summed E-state index contributed by atoms with van der Waals surface area (Å²) < 4.78 is 1.71. The van der Waals surface area contributed by atoms with E-state index in [1.807, 2.05) is 36.4 Å². The van der Waals surface area contributed by atoms with Crippen molar-refractivity contribution in [3.63, 3.8) is 0 Å². The van der Waals surface area contributed by atoms with Crippen LogP contribution >= 0.6 is 11.6 Å². The smallest absolute Gasteiger partial charge is 0.295 e. The van der Waals surface area contributed by atoms with Crippen molar-refractivity contribution in [1.29, 1.82) is 0 Å². The van der Waals surface area contributed by atoms with E-state index in [4.69, 9.17) is 11.6 Å². The fourth-order valence-corrected chi connectivity index (χ4v) is 3.14. The molecule has 0 radical (unpaired) electrons. The molecule has 0 spiro atoms. The molecule has 0 saturated carbocycles. The molecule has 0 saturated heterocycles. The van der Waals surface area contributed by atoms with Crippen LogP contribution in [0.2, 0.25) is 5.02 Å². The number of nitrogens with zero attached hydrogens (tertiary/aromatic N) is 4. The Labute approximate surface area is 165 Å². The summed E-state index contributed by atoms with van der Waals surface area (Å²) in [6.45, 7) is 0.443. The molecule has 2 aromatic carbocycles. The molecule has 6 nitrogen and oxygen atoms in total. The van der Waals surface area contributed by atoms with Gasteiger partial charge in [-0.2, -0.15) is 0 Å². The molecule has 0 aliphatic heterocycles. The molecular formula is C21H15ClN4O2. The number of carbonyl (C=O) groups is 1. The molecule has 138 valence electrons. The van der Waals surface area contributed by atoms with Gasteiger partial charge >= 0.3 is 0 Å². The van der Waals surface area contributed by atoms with Gasteiger partial charge in [-0.3, -0.25) is 9.78 Å². The van der Waals surface area contributed by atoms with Crippen LogP contribution < -0.4 is 0 Å². The normalized spacial score (nSPS) is 11.3. The Kier molecular flexibility index (Phi) is 4.87. The standard InChI is InChI=1S/C21H15ClN4O2/c22-16-6-7-18-17(12-16)19(24-25-20(27)15-8-10-23-11-9-15)21(28)26(18)13-14-4-2-1-3-5-14/h1-12,28H,13H2. The molecule has 7 heteroatoms. The number of halogens is 1. The van der Waals surface area contributed by atoms with Crippen molar-refractivity contribution in [3.05, 3.63) is 89.2 Å². The number of aromatic hydroxyl groups is 1. The molecule has 0 fully saturated rings. The highest BCUT2D eigenvalue weighted by molar-refractivity contribution is 6.31. The lowest BCUT2D eigenvalue weighted by Gasteiger charge is -2.07. The largest absolute Gasteiger partial charge is 0.493 e. The fraction of sp³-hybridized carbons (Fsp3) is 0.0476. The Hall–Kier alpha value is -3.51. The topological polar surface area (TPSA) is 79.8 Å². The minimum absolute atomic E-state index is 0.0765. The van der Waals surface area contributed by atoms with Gasteiger partial charge in [0.2, 0.25) is 5.88 Å². The lowest BCUT2D eigenvalue weighted by molar-refractivity contribution is 0.0995. The van der Waals surface area contributed by atoms with Crippen molar-refractivity contribution in [3.8, 4) is 5.88 Å². The fourth-order valence-electron chi connectivity index (χ4n) is 2.97. The number of azo groups is 1. The summed E-state index contributed by atoms with van der Waals surface area (Å²) >= 11 is 6.13. The average molecular weight is 391 g/mol. The summed E-state index contributed by atoms with van der Waals surface area (Å²) in [7, 11) is 0. The Morgan fingerprint density at radius 1 is 1.07 bits per heavy atom. The molecule has 28 heavy (non-hydrogen) atoms. The number of pyridine rings is 1. The maximum Gasteiger partial charge on any atom is 0.295 e. The van der Waals surface area contributed by atoms with Crippen LogP contribution in [0.15, 0.2) is 83.3 Å². The predicted molar refractivity (Wildman–Crippen MR) is 107 cm³/mol. The van der Waals surface area contributed by atoms with Gasteiger partial charge in [0, 0.05) is 28.4 Å². The molecule has 1 N–H and O–H groups in total. The third-order valence-corrected chi connectivity index (χ3v) is 4.56. The zero-order valence-electron chi connectivity index (χ0n) is 14.7. The summed E-state index contributed by atoms with van der Waals surface area (Å²) in [4.78, 5) is 16.1. The van der Waals surface area contributed by atoms with Gasteiger partial charge in [-0.15, -0.1) is 10.2 Å². The van der Waals surface area contributed by atoms with E-state index in [9.17, 15) is 9.90 Å². The SMILES string of the molecule is O=C(N=Nc1c(O)n(Cc2ccccc2)c2ccc(Cl)cc12)c1ccncc1. The number of hydrogen-bond donors (Lipinski definition) is 1. The number of carbonyl (C=O) groups excluding carboxylic acids is 1. The zero-order valence-corrected chi connectivity index (χ0v) is 15.4. The van der Waals surface area contributed by atoms with Crippen LogP contribution in [0.4, 0.5) is 5.69 Å². The molecule has 4 aromatic rings.